The monoisotopic (exact) mass is 360 g/mol. The van der Waals surface area contributed by atoms with Gasteiger partial charge in [-0.05, 0) is 58.7 Å². The Kier molecular flexibility index (Phi) is 4.50. The van der Waals surface area contributed by atoms with Gasteiger partial charge in [0.05, 0.1) is 5.69 Å². The first kappa shape index (κ1) is 15.1. The molecule has 0 aliphatic carbocycles. The molecule has 0 atom stereocenters. The zero-order valence-electron chi connectivity index (χ0n) is 10.6. The van der Waals surface area contributed by atoms with Crippen molar-refractivity contribution in [2.45, 2.75) is 13.3 Å². The van der Waals surface area contributed by atoms with Gasteiger partial charge in [0.1, 0.15) is 0 Å². The van der Waals surface area contributed by atoms with Crippen LogP contribution in [0, 0.1) is 6.92 Å². The first-order chi connectivity index (χ1) is 9.38. The first-order valence-corrected chi connectivity index (χ1v) is 6.96. The van der Waals surface area contributed by atoms with Crippen LogP contribution in [0.2, 0.25) is 5.02 Å². The van der Waals surface area contributed by atoms with Crippen molar-refractivity contribution in [3.05, 3.63) is 51.0 Å². The number of benzene rings is 2. The minimum Gasteiger partial charge on any atom is -0.399 e. The number of aryl methyl sites for hydroxylation is 1. The number of hydrogen-bond donors (Lipinski definition) is 2. The summed E-state index contributed by atoms with van der Waals surface area (Å²) in [6.07, 6.45) is -2.61. The average Bonchev–Trinajstić information content (AvgIpc) is 2.37. The van der Waals surface area contributed by atoms with E-state index in [2.05, 4.69) is 21.2 Å². The molecule has 0 heterocycles. The summed E-state index contributed by atoms with van der Waals surface area (Å²) in [5, 5.41) is 3.51. The SMILES string of the molecule is Cc1cc(Br)c(Nc2ccc(N)cc2C(F)F)cc1Cl. The lowest BCUT2D eigenvalue weighted by Gasteiger charge is -2.14. The molecule has 2 rings (SSSR count). The molecule has 0 aliphatic rings. The third-order valence-electron chi connectivity index (χ3n) is 2.83. The predicted octanol–water partition coefficient (Wildman–Crippen LogP) is 5.67. The number of rotatable bonds is 3. The van der Waals surface area contributed by atoms with Crippen molar-refractivity contribution >= 4 is 44.6 Å². The number of halogens is 4. The molecule has 20 heavy (non-hydrogen) atoms. The molecular formula is C14H12BrClF2N2. The Balaban J connectivity index is 2.42. The van der Waals surface area contributed by atoms with Crippen LogP contribution in [0.3, 0.4) is 0 Å². The van der Waals surface area contributed by atoms with Gasteiger partial charge in [-0.3, -0.25) is 0 Å². The number of nitrogens with two attached hydrogens (primary N) is 1. The van der Waals surface area contributed by atoms with Crippen LogP contribution >= 0.6 is 27.5 Å². The maximum absolute atomic E-state index is 13.0. The van der Waals surface area contributed by atoms with E-state index >= 15 is 0 Å². The summed E-state index contributed by atoms with van der Waals surface area (Å²) >= 11 is 9.43. The minimum absolute atomic E-state index is 0.145. The number of anilines is 3. The van der Waals surface area contributed by atoms with Gasteiger partial charge >= 0.3 is 0 Å². The summed E-state index contributed by atoms with van der Waals surface area (Å²) in [6.45, 7) is 1.87. The second-order valence-corrected chi connectivity index (χ2v) is 5.62. The second kappa shape index (κ2) is 5.97. The molecule has 0 radical (unpaired) electrons. The predicted molar refractivity (Wildman–Crippen MR) is 83.0 cm³/mol. The van der Waals surface area contributed by atoms with E-state index in [0.717, 1.165) is 10.0 Å². The van der Waals surface area contributed by atoms with Gasteiger partial charge in [0.15, 0.2) is 0 Å². The normalized spacial score (nSPS) is 10.9. The van der Waals surface area contributed by atoms with Crippen molar-refractivity contribution in [2.75, 3.05) is 11.1 Å². The maximum Gasteiger partial charge on any atom is 0.265 e. The fourth-order valence-electron chi connectivity index (χ4n) is 1.76. The number of nitrogen functional groups attached to an aromatic ring is 1. The fourth-order valence-corrected chi connectivity index (χ4v) is 2.48. The smallest absolute Gasteiger partial charge is 0.265 e. The third kappa shape index (κ3) is 3.22. The Bertz CT molecular complexity index is 647. The fraction of sp³-hybridized carbons (Fsp3) is 0.143. The molecule has 2 aromatic carbocycles. The maximum atomic E-state index is 13.0. The molecule has 0 aliphatic heterocycles. The van der Waals surface area contributed by atoms with Crippen LogP contribution in [-0.4, -0.2) is 0 Å². The summed E-state index contributed by atoms with van der Waals surface area (Å²) < 4.78 is 26.8. The quantitative estimate of drug-likeness (QED) is 0.691. The lowest BCUT2D eigenvalue weighted by atomic mass is 10.1. The van der Waals surface area contributed by atoms with Gasteiger partial charge in [-0.25, -0.2) is 8.78 Å². The van der Waals surface area contributed by atoms with Gasteiger partial charge in [-0.1, -0.05) is 11.6 Å². The van der Waals surface area contributed by atoms with Crippen molar-refractivity contribution in [1.29, 1.82) is 0 Å². The molecular weight excluding hydrogens is 350 g/mol. The highest BCUT2D eigenvalue weighted by Crippen LogP contribution is 2.35. The molecule has 6 heteroatoms. The van der Waals surface area contributed by atoms with Crippen LogP contribution in [0.4, 0.5) is 25.8 Å². The zero-order valence-corrected chi connectivity index (χ0v) is 12.9. The van der Waals surface area contributed by atoms with Crippen LogP contribution in [-0.2, 0) is 0 Å². The second-order valence-electron chi connectivity index (χ2n) is 4.35. The van der Waals surface area contributed by atoms with Crippen molar-refractivity contribution in [1.82, 2.24) is 0 Å². The Morgan fingerprint density at radius 3 is 2.55 bits per heavy atom. The average molecular weight is 362 g/mol. The Morgan fingerprint density at radius 1 is 1.20 bits per heavy atom. The van der Waals surface area contributed by atoms with Crippen LogP contribution in [0.5, 0.6) is 0 Å². The minimum atomic E-state index is -2.61. The van der Waals surface area contributed by atoms with Crippen molar-refractivity contribution in [3.8, 4) is 0 Å². The zero-order chi connectivity index (χ0) is 14.9. The molecule has 0 aromatic heterocycles. The number of hydrogen-bond acceptors (Lipinski definition) is 2. The van der Waals surface area contributed by atoms with Crippen molar-refractivity contribution in [2.24, 2.45) is 0 Å². The molecule has 3 N–H and O–H groups in total. The largest absolute Gasteiger partial charge is 0.399 e. The molecule has 0 bridgehead atoms. The van der Waals surface area contributed by atoms with E-state index in [9.17, 15) is 8.78 Å². The van der Waals surface area contributed by atoms with E-state index < -0.39 is 6.43 Å². The van der Waals surface area contributed by atoms with Crippen LogP contribution in [0.1, 0.15) is 17.6 Å². The summed E-state index contributed by atoms with van der Waals surface area (Å²) in [5.41, 5.74) is 7.51. The van der Waals surface area contributed by atoms with Crippen LogP contribution < -0.4 is 11.1 Å². The lowest BCUT2D eigenvalue weighted by Crippen LogP contribution is -1.99. The summed E-state index contributed by atoms with van der Waals surface area (Å²) in [6, 6.07) is 7.86. The number of nitrogens with one attached hydrogen (secondary N) is 1. The Hall–Kier alpha value is -1.33. The van der Waals surface area contributed by atoms with Gasteiger partial charge < -0.3 is 11.1 Å². The van der Waals surface area contributed by atoms with Crippen molar-refractivity contribution in [3.63, 3.8) is 0 Å². The third-order valence-corrected chi connectivity index (χ3v) is 3.89. The van der Waals surface area contributed by atoms with Gasteiger partial charge in [0.2, 0.25) is 0 Å². The summed E-state index contributed by atoms with van der Waals surface area (Å²) in [5.74, 6) is 0. The molecule has 0 fully saturated rings. The van der Waals surface area contributed by atoms with E-state index in [1.54, 1.807) is 12.1 Å². The van der Waals surface area contributed by atoms with Crippen LogP contribution in [0.15, 0.2) is 34.8 Å². The Morgan fingerprint density at radius 2 is 1.90 bits per heavy atom. The van der Waals surface area contributed by atoms with Crippen LogP contribution in [0.25, 0.3) is 0 Å². The van der Waals surface area contributed by atoms with E-state index in [1.165, 1.54) is 12.1 Å². The molecule has 0 saturated heterocycles. The van der Waals surface area contributed by atoms with E-state index in [1.807, 2.05) is 13.0 Å². The highest BCUT2D eigenvalue weighted by atomic mass is 79.9. The topological polar surface area (TPSA) is 38.0 Å². The molecule has 106 valence electrons. The molecule has 0 unspecified atom stereocenters. The highest BCUT2D eigenvalue weighted by molar-refractivity contribution is 9.10. The van der Waals surface area contributed by atoms with Gasteiger partial charge in [0, 0.05) is 26.4 Å². The summed E-state index contributed by atoms with van der Waals surface area (Å²) in [4.78, 5) is 0. The van der Waals surface area contributed by atoms with E-state index in [4.69, 9.17) is 17.3 Å². The molecule has 0 spiro atoms. The lowest BCUT2D eigenvalue weighted by molar-refractivity contribution is 0.152. The van der Waals surface area contributed by atoms with E-state index in [0.29, 0.717) is 22.1 Å². The van der Waals surface area contributed by atoms with Gasteiger partial charge in [-0.2, -0.15) is 0 Å². The van der Waals surface area contributed by atoms with Gasteiger partial charge in [0.25, 0.3) is 6.43 Å². The molecule has 0 amide bonds. The van der Waals surface area contributed by atoms with Gasteiger partial charge in [-0.15, -0.1) is 0 Å². The summed E-state index contributed by atoms with van der Waals surface area (Å²) in [7, 11) is 0. The van der Waals surface area contributed by atoms with Crippen molar-refractivity contribution < 1.29 is 8.78 Å². The Labute approximate surface area is 129 Å². The molecule has 0 saturated carbocycles. The first-order valence-electron chi connectivity index (χ1n) is 5.78. The molecule has 2 aromatic rings. The molecule has 2 nitrogen and oxygen atoms in total. The highest BCUT2D eigenvalue weighted by Gasteiger charge is 2.14. The number of alkyl halides is 2. The standard InChI is InChI=1S/C14H12BrClF2N2/c1-7-4-10(15)13(6-11(7)16)20-12-3-2-8(19)5-9(12)14(17)18/h2-6,14,20H,19H2,1H3. The van der Waals surface area contributed by atoms with E-state index in [-0.39, 0.29) is 5.56 Å².